The summed E-state index contributed by atoms with van der Waals surface area (Å²) < 4.78 is 5.73. The molecule has 0 saturated heterocycles. The fraction of sp³-hybridized carbons (Fsp3) is 0.462. The average Bonchev–Trinajstić information content (AvgIpc) is 2.99. The molecule has 0 spiro atoms. The van der Waals surface area contributed by atoms with Crippen molar-refractivity contribution in [2.45, 2.75) is 26.7 Å². The van der Waals surface area contributed by atoms with E-state index in [4.69, 9.17) is 9.84 Å². The van der Waals surface area contributed by atoms with Crippen molar-refractivity contribution in [3.63, 3.8) is 0 Å². The number of carbonyl (C=O) groups is 1. The summed E-state index contributed by atoms with van der Waals surface area (Å²) in [5, 5.41) is 8.91. The van der Waals surface area contributed by atoms with E-state index >= 15 is 0 Å². The Morgan fingerprint density at radius 3 is 2.38 bits per heavy atom. The van der Waals surface area contributed by atoms with Crippen LogP contribution in [0.1, 0.15) is 34.3 Å². The highest BCUT2D eigenvalue weighted by molar-refractivity contribution is 5.88. The average molecular weight is 220 g/mol. The van der Waals surface area contributed by atoms with E-state index in [1.807, 2.05) is 13.8 Å². The molecule has 1 aliphatic rings. The summed E-state index contributed by atoms with van der Waals surface area (Å²) >= 11 is 0. The molecule has 16 heavy (non-hydrogen) atoms. The number of aromatic carboxylic acids is 1. The molecule has 0 bridgehead atoms. The number of benzene rings is 1. The SMILES string of the molecule is Cc1cc(C(=O)O)cc(C)c1OCC1CC1. The monoisotopic (exact) mass is 220 g/mol. The smallest absolute Gasteiger partial charge is 0.335 e. The van der Waals surface area contributed by atoms with Crippen molar-refractivity contribution in [1.29, 1.82) is 0 Å². The van der Waals surface area contributed by atoms with Gasteiger partial charge in [-0.05, 0) is 55.9 Å². The first kappa shape index (κ1) is 11.0. The molecule has 0 unspecified atom stereocenters. The van der Waals surface area contributed by atoms with Gasteiger partial charge in [-0.3, -0.25) is 0 Å². The summed E-state index contributed by atoms with van der Waals surface area (Å²) in [6.45, 7) is 4.54. The Balaban J connectivity index is 2.19. The number of rotatable bonds is 4. The Labute approximate surface area is 95.0 Å². The third-order valence-corrected chi connectivity index (χ3v) is 2.87. The van der Waals surface area contributed by atoms with Gasteiger partial charge >= 0.3 is 5.97 Å². The van der Waals surface area contributed by atoms with E-state index in [0.717, 1.165) is 23.5 Å². The van der Waals surface area contributed by atoms with Gasteiger partial charge in [-0.15, -0.1) is 0 Å². The molecule has 0 amide bonds. The van der Waals surface area contributed by atoms with Crippen LogP contribution in [0.5, 0.6) is 5.75 Å². The fourth-order valence-corrected chi connectivity index (χ4v) is 1.79. The van der Waals surface area contributed by atoms with Crippen molar-refractivity contribution in [3.8, 4) is 5.75 Å². The Hall–Kier alpha value is -1.51. The van der Waals surface area contributed by atoms with Crippen molar-refractivity contribution in [3.05, 3.63) is 28.8 Å². The van der Waals surface area contributed by atoms with Crippen molar-refractivity contribution >= 4 is 5.97 Å². The van der Waals surface area contributed by atoms with Crippen LogP contribution in [0.25, 0.3) is 0 Å². The van der Waals surface area contributed by atoms with E-state index in [9.17, 15) is 4.79 Å². The largest absolute Gasteiger partial charge is 0.493 e. The number of carboxylic acid groups (broad SMARTS) is 1. The van der Waals surface area contributed by atoms with E-state index in [1.165, 1.54) is 12.8 Å². The summed E-state index contributed by atoms with van der Waals surface area (Å²) in [6.07, 6.45) is 2.51. The summed E-state index contributed by atoms with van der Waals surface area (Å²) in [7, 11) is 0. The van der Waals surface area contributed by atoms with Gasteiger partial charge in [-0.25, -0.2) is 4.79 Å². The van der Waals surface area contributed by atoms with Gasteiger partial charge in [0.15, 0.2) is 0 Å². The van der Waals surface area contributed by atoms with E-state index < -0.39 is 5.97 Å². The highest BCUT2D eigenvalue weighted by Gasteiger charge is 2.22. The maximum absolute atomic E-state index is 10.9. The lowest BCUT2D eigenvalue weighted by Crippen LogP contribution is -2.04. The predicted octanol–water partition coefficient (Wildman–Crippen LogP) is 2.79. The molecular formula is C13H16O3. The molecule has 1 aromatic rings. The Bertz CT molecular complexity index is 396. The molecule has 0 aliphatic heterocycles. The Morgan fingerprint density at radius 2 is 1.94 bits per heavy atom. The zero-order valence-electron chi connectivity index (χ0n) is 9.62. The van der Waals surface area contributed by atoms with Crippen LogP contribution in [0.15, 0.2) is 12.1 Å². The molecule has 1 fully saturated rings. The minimum absolute atomic E-state index is 0.328. The molecule has 0 heterocycles. The molecule has 1 aromatic carbocycles. The highest BCUT2D eigenvalue weighted by atomic mass is 16.5. The van der Waals surface area contributed by atoms with E-state index in [2.05, 4.69) is 0 Å². The van der Waals surface area contributed by atoms with E-state index in [0.29, 0.717) is 11.5 Å². The van der Waals surface area contributed by atoms with Crippen LogP contribution < -0.4 is 4.74 Å². The number of ether oxygens (including phenoxy) is 1. The first-order valence-corrected chi connectivity index (χ1v) is 5.55. The summed E-state index contributed by atoms with van der Waals surface area (Å²) in [5.74, 6) is 0.662. The molecule has 1 aliphatic carbocycles. The van der Waals surface area contributed by atoms with Crippen LogP contribution in [-0.4, -0.2) is 17.7 Å². The predicted molar refractivity (Wildman–Crippen MR) is 61.1 cm³/mol. The summed E-state index contributed by atoms with van der Waals surface area (Å²) in [5.41, 5.74) is 2.13. The molecule has 1 saturated carbocycles. The standard InChI is InChI=1S/C13H16O3/c1-8-5-11(13(14)15)6-9(2)12(8)16-7-10-3-4-10/h5-6,10H,3-4,7H2,1-2H3,(H,14,15). The summed E-state index contributed by atoms with van der Waals surface area (Å²) in [4.78, 5) is 10.9. The zero-order chi connectivity index (χ0) is 11.7. The van der Waals surface area contributed by atoms with Gasteiger partial charge in [0.25, 0.3) is 0 Å². The van der Waals surface area contributed by atoms with Crippen molar-refractivity contribution in [2.24, 2.45) is 5.92 Å². The molecular weight excluding hydrogens is 204 g/mol. The lowest BCUT2D eigenvalue weighted by Gasteiger charge is -2.12. The molecule has 0 atom stereocenters. The van der Waals surface area contributed by atoms with Gasteiger partial charge in [0.05, 0.1) is 12.2 Å². The van der Waals surface area contributed by atoms with Crippen molar-refractivity contribution in [2.75, 3.05) is 6.61 Å². The van der Waals surface area contributed by atoms with E-state index in [1.54, 1.807) is 12.1 Å². The van der Waals surface area contributed by atoms with E-state index in [-0.39, 0.29) is 0 Å². The minimum atomic E-state index is -0.889. The Kier molecular flexibility index (Phi) is 2.86. The van der Waals surface area contributed by atoms with Crippen LogP contribution in [0.2, 0.25) is 0 Å². The number of hydrogen-bond donors (Lipinski definition) is 1. The van der Waals surface area contributed by atoms with Crippen LogP contribution >= 0.6 is 0 Å². The number of aryl methyl sites for hydroxylation is 2. The molecule has 0 aromatic heterocycles. The van der Waals surface area contributed by atoms with Gasteiger partial charge in [0.1, 0.15) is 5.75 Å². The third kappa shape index (κ3) is 2.35. The van der Waals surface area contributed by atoms with Gasteiger partial charge in [0.2, 0.25) is 0 Å². The van der Waals surface area contributed by atoms with Crippen molar-refractivity contribution < 1.29 is 14.6 Å². The molecule has 1 N–H and O–H groups in total. The second-order valence-electron chi connectivity index (χ2n) is 4.50. The minimum Gasteiger partial charge on any atom is -0.493 e. The molecule has 3 heteroatoms. The third-order valence-electron chi connectivity index (χ3n) is 2.87. The quantitative estimate of drug-likeness (QED) is 0.848. The zero-order valence-corrected chi connectivity index (χ0v) is 9.62. The summed E-state index contributed by atoms with van der Waals surface area (Å²) in [6, 6.07) is 3.33. The Morgan fingerprint density at radius 1 is 1.38 bits per heavy atom. The molecule has 3 nitrogen and oxygen atoms in total. The van der Waals surface area contributed by atoms with Gasteiger partial charge < -0.3 is 9.84 Å². The topological polar surface area (TPSA) is 46.5 Å². The second-order valence-corrected chi connectivity index (χ2v) is 4.50. The van der Waals surface area contributed by atoms with Gasteiger partial charge in [0, 0.05) is 0 Å². The highest BCUT2D eigenvalue weighted by Crippen LogP contribution is 2.31. The lowest BCUT2D eigenvalue weighted by molar-refractivity contribution is 0.0696. The normalized spacial score (nSPS) is 14.9. The molecule has 2 rings (SSSR count). The first-order chi connectivity index (χ1) is 7.58. The molecule has 86 valence electrons. The lowest BCUT2D eigenvalue weighted by atomic mass is 10.1. The maximum atomic E-state index is 10.9. The number of hydrogen-bond acceptors (Lipinski definition) is 2. The maximum Gasteiger partial charge on any atom is 0.335 e. The molecule has 0 radical (unpaired) electrons. The first-order valence-electron chi connectivity index (χ1n) is 5.55. The fourth-order valence-electron chi connectivity index (χ4n) is 1.79. The van der Waals surface area contributed by atoms with Crippen LogP contribution in [0, 0.1) is 19.8 Å². The van der Waals surface area contributed by atoms with Crippen LogP contribution in [-0.2, 0) is 0 Å². The van der Waals surface area contributed by atoms with Crippen LogP contribution in [0.3, 0.4) is 0 Å². The number of carboxylic acids is 1. The van der Waals surface area contributed by atoms with Crippen LogP contribution in [0.4, 0.5) is 0 Å². The van der Waals surface area contributed by atoms with Gasteiger partial charge in [-0.2, -0.15) is 0 Å². The van der Waals surface area contributed by atoms with Crippen molar-refractivity contribution in [1.82, 2.24) is 0 Å². The second kappa shape index (κ2) is 4.16. The van der Waals surface area contributed by atoms with Gasteiger partial charge in [-0.1, -0.05) is 0 Å².